The van der Waals surface area contributed by atoms with Gasteiger partial charge in [0.2, 0.25) is 0 Å². The molecule has 1 rings (SSSR count). The normalized spacial score (nSPS) is 9.30. The van der Waals surface area contributed by atoms with Crippen LogP contribution in [0, 0.1) is 0 Å². The van der Waals surface area contributed by atoms with Gasteiger partial charge < -0.3 is 9.72 Å². The lowest BCUT2D eigenvalue weighted by molar-refractivity contribution is -0.142. The first kappa shape index (κ1) is 6.80. The summed E-state index contributed by atoms with van der Waals surface area (Å²) in [5, 5.41) is 0. The van der Waals surface area contributed by atoms with Gasteiger partial charge in [0.1, 0.15) is 6.61 Å². The number of esters is 1. The van der Waals surface area contributed by atoms with Gasteiger partial charge in [0.25, 0.3) is 0 Å². The number of carbonyl (C=O) groups is 1. The average Bonchev–Trinajstić information content (AvgIpc) is 2.34. The molecule has 0 fully saturated rings. The van der Waals surface area contributed by atoms with E-state index in [4.69, 9.17) is 0 Å². The van der Waals surface area contributed by atoms with E-state index >= 15 is 0 Å². The number of nitrogens with one attached hydrogen (secondary N) is 1. The Morgan fingerprint density at radius 3 is 3.20 bits per heavy atom. The molecular weight excluding hydrogens is 132 g/mol. The van der Waals surface area contributed by atoms with Crippen LogP contribution in [0.1, 0.15) is 12.6 Å². The van der Waals surface area contributed by atoms with Gasteiger partial charge in [-0.05, 0) is 0 Å². The molecule has 54 valence electrons. The molecule has 0 aliphatic heterocycles. The fraction of sp³-hybridized carbons (Fsp3) is 0.333. The van der Waals surface area contributed by atoms with Crippen molar-refractivity contribution in [3.8, 4) is 0 Å². The highest BCUT2D eigenvalue weighted by Gasteiger charge is 1.94. The zero-order valence-electron chi connectivity index (χ0n) is 5.63. The second-order valence-corrected chi connectivity index (χ2v) is 1.86. The lowest BCUT2D eigenvalue weighted by atomic mass is 10.5. The first-order valence-corrected chi connectivity index (χ1v) is 2.89. The van der Waals surface area contributed by atoms with Crippen LogP contribution in [0.2, 0.25) is 0 Å². The van der Waals surface area contributed by atoms with Crippen molar-refractivity contribution >= 4 is 5.97 Å². The molecule has 1 aromatic rings. The first-order chi connectivity index (χ1) is 4.79. The smallest absolute Gasteiger partial charge is 0.303 e. The third kappa shape index (κ3) is 1.89. The molecule has 0 radical (unpaired) electrons. The lowest BCUT2D eigenvalue weighted by Gasteiger charge is -1.96. The fourth-order valence-corrected chi connectivity index (χ4v) is 0.543. The molecule has 4 heteroatoms. The first-order valence-electron chi connectivity index (χ1n) is 2.89. The molecule has 1 heterocycles. The van der Waals surface area contributed by atoms with E-state index in [1.807, 2.05) is 0 Å². The highest BCUT2D eigenvalue weighted by molar-refractivity contribution is 5.65. The maximum absolute atomic E-state index is 10.3. The summed E-state index contributed by atoms with van der Waals surface area (Å²) in [4.78, 5) is 16.8. The Hall–Kier alpha value is -1.32. The van der Waals surface area contributed by atoms with Gasteiger partial charge in [0, 0.05) is 6.92 Å². The lowest BCUT2D eigenvalue weighted by Crippen LogP contribution is -1.98. The summed E-state index contributed by atoms with van der Waals surface area (Å²) in [5.41, 5.74) is 0.801. The van der Waals surface area contributed by atoms with Crippen LogP contribution in [-0.2, 0) is 16.1 Å². The van der Waals surface area contributed by atoms with Gasteiger partial charge in [-0.25, -0.2) is 4.98 Å². The second-order valence-electron chi connectivity index (χ2n) is 1.86. The van der Waals surface area contributed by atoms with Crippen LogP contribution in [0.25, 0.3) is 0 Å². The van der Waals surface area contributed by atoms with E-state index in [9.17, 15) is 4.79 Å². The molecule has 1 aromatic heterocycles. The number of hydrogen-bond acceptors (Lipinski definition) is 3. The van der Waals surface area contributed by atoms with Gasteiger partial charge in [-0.2, -0.15) is 0 Å². The SMILES string of the molecule is CC(=O)OCc1cnc[nH]1. The van der Waals surface area contributed by atoms with Gasteiger partial charge in [-0.1, -0.05) is 0 Å². The molecule has 0 saturated carbocycles. The van der Waals surface area contributed by atoms with Crippen LogP contribution >= 0.6 is 0 Å². The van der Waals surface area contributed by atoms with Gasteiger partial charge >= 0.3 is 5.97 Å². The molecule has 0 aliphatic rings. The Labute approximate surface area is 58.2 Å². The molecule has 4 nitrogen and oxygen atoms in total. The number of carbonyl (C=O) groups excluding carboxylic acids is 1. The Morgan fingerprint density at radius 1 is 1.90 bits per heavy atom. The zero-order chi connectivity index (χ0) is 7.40. The van der Waals surface area contributed by atoms with E-state index in [-0.39, 0.29) is 12.6 Å². The third-order valence-corrected chi connectivity index (χ3v) is 0.986. The van der Waals surface area contributed by atoms with Crippen molar-refractivity contribution in [2.75, 3.05) is 0 Å². The fourth-order valence-electron chi connectivity index (χ4n) is 0.543. The summed E-state index contributed by atoms with van der Waals surface area (Å²) in [5.74, 6) is -0.283. The Bertz CT molecular complexity index is 206. The average molecular weight is 140 g/mol. The molecule has 1 N–H and O–H groups in total. The summed E-state index contributed by atoms with van der Waals surface area (Å²) in [6.07, 6.45) is 3.15. The molecule has 0 amide bonds. The topological polar surface area (TPSA) is 55.0 Å². The maximum Gasteiger partial charge on any atom is 0.303 e. The molecule has 0 saturated heterocycles. The summed E-state index contributed by atoms with van der Waals surface area (Å²) < 4.78 is 4.68. The number of ether oxygens (including phenoxy) is 1. The van der Waals surface area contributed by atoms with Crippen LogP contribution in [-0.4, -0.2) is 15.9 Å². The molecular formula is C6H8N2O2. The minimum absolute atomic E-state index is 0.273. The van der Waals surface area contributed by atoms with Crippen LogP contribution in [0.5, 0.6) is 0 Å². The highest BCUT2D eigenvalue weighted by Crippen LogP contribution is 1.93. The Morgan fingerprint density at radius 2 is 2.70 bits per heavy atom. The van der Waals surface area contributed by atoms with Gasteiger partial charge in [0.15, 0.2) is 0 Å². The molecule has 0 spiro atoms. The van der Waals surface area contributed by atoms with E-state index in [1.54, 1.807) is 12.5 Å². The molecule has 0 atom stereocenters. The van der Waals surface area contributed by atoms with Crippen molar-refractivity contribution in [1.82, 2.24) is 9.97 Å². The number of imidazole rings is 1. The zero-order valence-corrected chi connectivity index (χ0v) is 5.63. The van der Waals surface area contributed by atoms with Crippen LogP contribution < -0.4 is 0 Å². The maximum atomic E-state index is 10.3. The molecule has 0 unspecified atom stereocenters. The minimum atomic E-state index is -0.283. The molecule has 0 aromatic carbocycles. The summed E-state index contributed by atoms with van der Waals surface area (Å²) in [7, 11) is 0. The van der Waals surface area contributed by atoms with Crippen LogP contribution in [0.3, 0.4) is 0 Å². The highest BCUT2D eigenvalue weighted by atomic mass is 16.5. The number of rotatable bonds is 2. The molecule has 0 aliphatic carbocycles. The standard InChI is InChI=1S/C6H8N2O2/c1-5(9)10-3-6-2-7-4-8-6/h2,4H,3H2,1H3,(H,7,8). The molecule has 0 bridgehead atoms. The summed E-state index contributed by atoms with van der Waals surface area (Å²) in [6.45, 7) is 1.64. The molecule has 10 heavy (non-hydrogen) atoms. The van der Waals surface area contributed by atoms with Crippen LogP contribution in [0.4, 0.5) is 0 Å². The summed E-state index contributed by atoms with van der Waals surface area (Å²) >= 11 is 0. The van der Waals surface area contributed by atoms with Gasteiger partial charge in [-0.15, -0.1) is 0 Å². The monoisotopic (exact) mass is 140 g/mol. The number of nitrogens with zero attached hydrogens (tertiary/aromatic N) is 1. The number of aromatic nitrogens is 2. The summed E-state index contributed by atoms with van der Waals surface area (Å²) in [6, 6.07) is 0. The van der Waals surface area contributed by atoms with Crippen molar-refractivity contribution in [3.63, 3.8) is 0 Å². The van der Waals surface area contributed by atoms with Gasteiger partial charge in [-0.3, -0.25) is 4.79 Å². The number of H-pyrrole nitrogens is 1. The van der Waals surface area contributed by atoms with E-state index < -0.39 is 0 Å². The quantitative estimate of drug-likeness (QED) is 0.607. The predicted molar refractivity (Wildman–Crippen MR) is 34.1 cm³/mol. The van der Waals surface area contributed by atoms with E-state index in [2.05, 4.69) is 14.7 Å². The van der Waals surface area contributed by atoms with E-state index in [1.165, 1.54) is 6.92 Å². The Kier molecular flexibility index (Phi) is 2.04. The number of aromatic amines is 1. The van der Waals surface area contributed by atoms with E-state index in [0.717, 1.165) is 5.69 Å². The third-order valence-electron chi connectivity index (χ3n) is 0.986. The van der Waals surface area contributed by atoms with Crippen molar-refractivity contribution in [2.45, 2.75) is 13.5 Å². The van der Waals surface area contributed by atoms with E-state index in [0.29, 0.717) is 0 Å². The Balaban J connectivity index is 2.35. The predicted octanol–water partition coefficient (Wildman–Crippen LogP) is 0.473. The van der Waals surface area contributed by atoms with Crippen LogP contribution in [0.15, 0.2) is 12.5 Å². The van der Waals surface area contributed by atoms with Crippen molar-refractivity contribution < 1.29 is 9.53 Å². The van der Waals surface area contributed by atoms with Crippen molar-refractivity contribution in [2.24, 2.45) is 0 Å². The number of hydrogen-bond donors (Lipinski definition) is 1. The van der Waals surface area contributed by atoms with Crippen molar-refractivity contribution in [3.05, 3.63) is 18.2 Å². The van der Waals surface area contributed by atoms with Gasteiger partial charge in [0.05, 0.1) is 18.2 Å². The minimum Gasteiger partial charge on any atom is -0.459 e. The second kappa shape index (κ2) is 3.00. The van der Waals surface area contributed by atoms with Crippen molar-refractivity contribution in [1.29, 1.82) is 0 Å². The largest absolute Gasteiger partial charge is 0.459 e.